The van der Waals surface area contributed by atoms with Crippen LogP contribution in [-0.4, -0.2) is 22.8 Å². The Balaban J connectivity index is 0.000000197. The second kappa shape index (κ2) is 10.3. The molecule has 0 aliphatic rings. The maximum absolute atomic E-state index is 8.68. The van der Waals surface area contributed by atoms with E-state index in [-0.39, 0.29) is 12.4 Å². The fraction of sp³-hybridized carbons (Fsp3) is 0.250. The highest BCUT2D eigenvalue weighted by molar-refractivity contribution is 5.99. The molecule has 162 valence electrons. The molecule has 0 amide bonds. The van der Waals surface area contributed by atoms with Crippen LogP contribution >= 0.6 is 0 Å². The number of aryl methyl sites for hydroxylation is 4. The molecule has 31 heavy (non-hydrogen) atoms. The van der Waals surface area contributed by atoms with Crippen LogP contribution in [0.25, 0.3) is 21.9 Å². The monoisotopic (exact) mass is 421 g/mol. The Morgan fingerprint density at radius 1 is 0.935 bits per heavy atom. The Hall–Kier alpha value is -3.76. The summed E-state index contributed by atoms with van der Waals surface area (Å²) in [6.07, 6.45) is 0. The van der Waals surface area contributed by atoms with Gasteiger partial charge in [0.15, 0.2) is 5.76 Å². The van der Waals surface area contributed by atoms with E-state index < -0.39 is 0 Å². The van der Waals surface area contributed by atoms with Gasteiger partial charge in [-0.2, -0.15) is 5.26 Å². The third-order valence-corrected chi connectivity index (χ3v) is 4.67. The highest BCUT2D eigenvalue weighted by Crippen LogP contribution is 2.26. The Morgan fingerprint density at radius 3 is 1.81 bits per heavy atom. The second-order valence-electron chi connectivity index (χ2n) is 7.02. The molecule has 7 nitrogen and oxygen atoms in total. The Kier molecular flexibility index (Phi) is 7.83. The van der Waals surface area contributed by atoms with E-state index in [1.165, 1.54) is 0 Å². The molecule has 4 N–H and O–H groups in total. The minimum Gasteiger partial charge on any atom is -0.452 e. The van der Waals surface area contributed by atoms with Gasteiger partial charge in [-0.15, -0.1) is 0 Å². The van der Waals surface area contributed by atoms with Gasteiger partial charge in [-0.05, 0) is 62.9 Å². The van der Waals surface area contributed by atoms with E-state index in [4.69, 9.17) is 30.1 Å². The van der Waals surface area contributed by atoms with Crippen molar-refractivity contribution < 1.29 is 19.1 Å². The van der Waals surface area contributed by atoms with Gasteiger partial charge in [0.1, 0.15) is 17.2 Å². The fourth-order valence-electron chi connectivity index (χ4n) is 3.02. The first-order valence-electron chi connectivity index (χ1n) is 9.75. The number of rotatable bonds is 1. The number of benzene rings is 2. The van der Waals surface area contributed by atoms with Gasteiger partial charge < -0.3 is 24.9 Å². The molecule has 0 aliphatic heterocycles. The van der Waals surface area contributed by atoms with Gasteiger partial charge in [0.25, 0.3) is 0 Å². The first kappa shape index (κ1) is 23.5. The van der Waals surface area contributed by atoms with Crippen LogP contribution in [0.5, 0.6) is 0 Å². The number of oxime groups is 1. The molecule has 0 fully saturated rings. The fourth-order valence-corrected chi connectivity index (χ4v) is 3.02. The smallest absolute Gasteiger partial charge is 0.205 e. The standard InChI is InChI=1S/C11H12N2O2.C11H9NO.C2H6O/c1-6-3-4-7(2)10-8(6)5-9(15-10)11(12)13-14;1-7-3-4-8(2)11-10(7)5-9(6-12)13-11;1-2-3/h3-5,14H,1-2H3,(H2,12,13);3-5H,1-2H3;3H,2H2,1H3. The molecule has 2 aromatic heterocycles. The number of aliphatic hydroxyl groups is 1. The molecule has 4 rings (SSSR count). The number of nitriles is 1. The van der Waals surface area contributed by atoms with E-state index >= 15 is 0 Å². The Bertz CT molecular complexity index is 1180. The molecule has 0 spiro atoms. The first-order valence-corrected chi connectivity index (χ1v) is 9.75. The molecular formula is C24H27N3O4. The lowest BCUT2D eigenvalue weighted by atomic mass is 10.1. The van der Waals surface area contributed by atoms with Crippen LogP contribution in [-0.2, 0) is 0 Å². The van der Waals surface area contributed by atoms with Gasteiger partial charge >= 0.3 is 0 Å². The number of fused-ring (bicyclic) bond motifs is 2. The lowest BCUT2D eigenvalue weighted by molar-refractivity contribution is 0.317. The van der Waals surface area contributed by atoms with Crippen molar-refractivity contribution in [2.75, 3.05) is 6.61 Å². The third kappa shape index (κ3) is 5.24. The number of aliphatic hydroxyl groups excluding tert-OH is 1. The minimum absolute atomic E-state index is 0.00926. The highest BCUT2D eigenvalue weighted by atomic mass is 16.4. The molecule has 2 heterocycles. The zero-order chi connectivity index (χ0) is 23.1. The quantitative estimate of drug-likeness (QED) is 0.170. The minimum atomic E-state index is -0.00926. The predicted molar refractivity (Wildman–Crippen MR) is 121 cm³/mol. The highest BCUT2D eigenvalue weighted by Gasteiger charge is 2.11. The first-order chi connectivity index (χ1) is 14.8. The lowest BCUT2D eigenvalue weighted by Gasteiger charge is -1.96. The van der Waals surface area contributed by atoms with Crippen molar-refractivity contribution in [1.29, 1.82) is 5.26 Å². The summed E-state index contributed by atoms with van der Waals surface area (Å²) >= 11 is 0. The van der Waals surface area contributed by atoms with E-state index in [0.29, 0.717) is 11.5 Å². The maximum atomic E-state index is 8.68. The number of hydrogen-bond donors (Lipinski definition) is 3. The number of nitrogens with zero attached hydrogens (tertiary/aromatic N) is 2. The topological polar surface area (TPSA) is 129 Å². The predicted octanol–water partition coefficient (Wildman–Crippen LogP) is 5.06. The van der Waals surface area contributed by atoms with Crippen LogP contribution in [0.1, 0.15) is 40.7 Å². The average Bonchev–Trinajstić information content (AvgIpc) is 3.40. The Morgan fingerprint density at radius 2 is 1.39 bits per heavy atom. The van der Waals surface area contributed by atoms with Gasteiger partial charge in [0, 0.05) is 23.4 Å². The molecule has 2 aromatic carbocycles. The number of nitrogens with two attached hydrogens (primary N) is 1. The van der Waals surface area contributed by atoms with Crippen LogP contribution in [0, 0.1) is 39.0 Å². The Labute approximate surface area is 181 Å². The number of furan rings is 2. The van der Waals surface area contributed by atoms with Crippen molar-refractivity contribution in [3.8, 4) is 6.07 Å². The van der Waals surface area contributed by atoms with Crippen molar-refractivity contribution in [3.05, 3.63) is 70.2 Å². The summed E-state index contributed by atoms with van der Waals surface area (Å²) in [5.74, 6) is 0.766. The molecule has 0 bridgehead atoms. The summed E-state index contributed by atoms with van der Waals surface area (Å²) in [7, 11) is 0. The molecule has 0 saturated heterocycles. The number of hydrogen-bond acceptors (Lipinski definition) is 6. The second-order valence-corrected chi connectivity index (χ2v) is 7.02. The summed E-state index contributed by atoms with van der Waals surface area (Å²) in [6, 6.07) is 13.6. The molecule has 0 saturated carbocycles. The van der Waals surface area contributed by atoms with Crippen molar-refractivity contribution in [1.82, 2.24) is 0 Å². The SMILES string of the molecule is CCO.Cc1ccc(C)c2oc(/C(N)=N\O)cc12.Cc1ccc(C)c2oc(C#N)cc12. The summed E-state index contributed by atoms with van der Waals surface area (Å²) in [5, 5.41) is 29.8. The van der Waals surface area contributed by atoms with Gasteiger partial charge in [0.2, 0.25) is 11.6 Å². The normalized spacial score (nSPS) is 10.8. The molecule has 0 aliphatic carbocycles. The summed E-state index contributed by atoms with van der Waals surface area (Å²) in [5.41, 5.74) is 11.4. The van der Waals surface area contributed by atoms with E-state index in [1.54, 1.807) is 19.1 Å². The van der Waals surface area contributed by atoms with E-state index in [0.717, 1.165) is 44.2 Å². The summed E-state index contributed by atoms with van der Waals surface area (Å²) < 4.78 is 10.9. The van der Waals surface area contributed by atoms with Crippen molar-refractivity contribution in [2.24, 2.45) is 10.9 Å². The third-order valence-electron chi connectivity index (χ3n) is 4.67. The maximum Gasteiger partial charge on any atom is 0.205 e. The van der Waals surface area contributed by atoms with Gasteiger partial charge in [-0.3, -0.25) is 0 Å². The molecule has 0 atom stereocenters. The number of amidine groups is 1. The van der Waals surface area contributed by atoms with E-state index in [9.17, 15) is 0 Å². The average molecular weight is 421 g/mol. The largest absolute Gasteiger partial charge is 0.452 e. The molecular weight excluding hydrogens is 394 g/mol. The van der Waals surface area contributed by atoms with Gasteiger partial charge in [-0.25, -0.2) is 0 Å². The van der Waals surface area contributed by atoms with Crippen LogP contribution < -0.4 is 5.73 Å². The summed E-state index contributed by atoms with van der Waals surface area (Å²) in [4.78, 5) is 0. The van der Waals surface area contributed by atoms with Crippen LogP contribution in [0.2, 0.25) is 0 Å². The van der Waals surface area contributed by atoms with Crippen molar-refractivity contribution in [3.63, 3.8) is 0 Å². The zero-order valence-electron chi connectivity index (χ0n) is 18.4. The molecule has 0 unspecified atom stereocenters. The lowest BCUT2D eigenvalue weighted by Crippen LogP contribution is -2.11. The van der Waals surface area contributed by atoms with Crippen LogP contribution in [0.3, 0.4) is 0 Å². The zero-order valence-corrected chi connectivity index (χ0v) is 18.4. The van der Waals surface area contributed by atoms with Gasteiger partial charge in [-0.1, -0.05) is 29.4 Å². The summed E-state index contributed by atoms with van der Waals surface area (Å²) in [6.45, 7) is 9.87. The van der Waals surface area contributed by atoms with Crippen molar-refractivity contribution in [2.45, 2.75) is 34.6 Å². The van der Waals surface area contributed by atoms with E-state index in [1.807, 2.05) is 58.0 Å². The van der Waals surface area contributed by atoms with Crippen molar-refractivity contribution >= 4 is 27.8 Å². The molecule has 0 radical (unpaired) electrons. The van der Waals surface area contributed by atoms with Crippen LogP contribution in [0.4, 0.5) is 0 Å². The van der Waals surface area contributed by atoms with E-state index in [2.05, 4.69) is 5.16 Å². The molecule has 4 aromatic rings. The van der Waals surface area contributed by atoms with Crippen LogP contribution in [0.15, 0.2) is 50.4 Å². The molecule has 7 heteroatoms. The van der Waals surface area contributed by atoms with Gasteiger partial charge in [0.05, 0.1) is 0 Å².